The molecule has 100 valence electrons. The average molecular weight is 267 g/mol. The highest BCUT2D eigenvalue weighted by molar-refractivity contribution is 7.99. The van der Waals surface area contributed by atoms with E-state index < -0.39 is 0 Å². The van der Waals surface area contributed by atoms with Gasteiger partial charge in [0.25, 0.3) is 0 Å². The maximum absolute atomic E-state index is 9.57. The van der Waals surface area contributed by atoms with E-state index >= 15 is 0 Å². The van der Waals surface area contributed by atoms with Crippen LogP contribution in [0.25, 0.3) is 0 Å². The van der Waals surface area contributed by atoms with E-state index in [1.165, 1.54) is 17.9 Å². The van der Waals surface area contributed by atoms with Gasteiger partial charge in [0.05, 0.1) is 7.11 Å². The summed E-state index contributed by atoms with van der Waals surface area (Å²) in [5, 5.41) is 13.1. The summed E-state index contributed by atoms with van der Waals surface area (Å²) in [6.07, 6.45) is 1.32. The number of thioether (sulfide) groups is 1. The molecule has 1 saturated heterocycles. The van der Waals surface area contributed by atoms with Crippen molar-refractivity contribution in [1.82, 2.24) is 5.32 Å². The topological polar surface area (TPSA) is 41.5 Å². The van der Waals surface area contributed by atoms with Crippen molar-refractivity contribution in [3.05, 3.63) is 23.8 Å². The molecule has 0 saturated carbocycles. The van der Waals surface area contributed by atoms with Crippen molar-refractivity contribution in [2.24, 2.45) is 5.92 Å². The number of aromatic hydroxyl groups is 1. The van der Waals surface area contributed by atoms with Gasteiger partial charge in [-0.15, -0.1) is 0 Å². The van der Waals surface area contributed by atoms with Gasteiger partial charge in [-0.2, -0.15) is 11.8 Å². The molecule has 0 bridgehead atoms. The second-order valence-corrected chi connectivity index (χ2v) is 5.94. The number of hydrogen-bond donors (Lipinski definition) is 2. The highest BCUT2D eigenvalue weighted by Gasteiger charge is 2.16. The maximum atomic E-state index is 9.57. The summed E-state index contributed by atoms with van der Waals surface area (Å²) in [7, 11) is 1.58. The third-order valence-electron chi connectivity index (χ3n) is 3.44. The molecule has 0 aliphatic carbocycles. The molecule has 3 nitrogen and oxygen atoms in total. The third-order valence-corrected chi connectivity index (χ3v) is 4.67. The lowest BCUT2D eigenvalue weighted by Gasteiger charge is -2.18. The van der Waals surface area contributed by atoms with E-state index in [-0.39, 0.29) is 11.8 Å². The third kappa shape index (κ3) is 3.33. The van der Waals surface area contributed by atoms with Gasteiger partial charge in [0.15, 0.2) is 11.5 Å². The number of hydrogen-bond acceptors (Lipinski definition) is 4. The highest BCUT2D eigenvalue weighted by Crippen LogP contribution is 2.29. The van der Waals surface area contributed by atoms with Crippen LogP contribution in [0.5, 0.6) is 11.5 Å². The minimum atomic E-state index is 0.195. The second kappa shape index (κ2) is 6.34. The molecule has 2 N–H and O–H groups in total. The molecular formula is C14H21NO2S. The van der Waals surface area contributed by atoms with E-state index in [9.17, 15) is 5.11 Å². The summed E-state index contributed by atoms with van der Waals surface area (Å²) in [6.45, 7) is 3.21. The summed E-state index contributed by atoms with van der Waals surface area (Å²) in [5.41, 5.74) is 1.15. The van der Waals surface area contributed by atoms with E-state index in [1.54, 1.807) is 13.2 Å². The predicted molar refractivity (Wildman–Crippen MR) is 76.5 cm³/mol. The Morgan fingerprint density at radius 3 is 3.06 bits per heavy atom. The summed E-state index contributed by atoms with van der Waals surface area (Å²) >= 11 is 2.04. The Labute approximate surface area is 113 Å². The first-order valence-corrected chi connectivity index (χ1v) is 7.54. The molecule has 1 aliphatic rings. The van der Waals surface area contributed by atoms with Crippen molar-refractivity contribution in [2.75, 3.05) is 25.2 Å². The fourth-order valence-electron chi connectivity index (χ4n) is 2.17. The van der Waals surface area contributed by atoms with Gasteiger partial charge in [-0.25, -0.2) is 0 Å². The number of phenols is 1. The molecular weight excluding hydrogens is 246 g/mol. The summed E-state index contributed by atoms with van der Waals surface area (Å²) < 4.78 is 5.13. The number of methoxy groups -OCH3 is 1. The van der Waals surface area contributed by atoms with E-state index in [1.807, 2.05) is 23.9 Å². The molecule has 0 spiro atoms. The molecule has 4 heteroatoms. The predicted octanol–water partition coefficient (Wildman–Crippen LogP) is 2.80. The molecule has 0 aromatic heterocycles. The lowest BCUT2D eigenvalue weighted by atomic mass is 10.1. The first-order valence-electron chi connectivity index (χ1n) is 6.38. The van der Waals surface area contributed by atoms with Crippen LogP contribution in [0.3, 0.4) is 0 Å². The van der Waals surface area contributed by atoms with Gasteiger partial charge in [-0.1, -0.05) is 6.07 Å². The van der Waals surface area contributed by atoms with E-state index in [0.717, 1.165) is 18.0 Å². The van der Waals surface area contributed by atoms with E-state index in [4.69, 9.17) is 4.74 Å². The van der Waals surface area contributed by atoms with Gasteiger partial charge in [0.1, 0.15) is 0 Å². The molecule has 1 aromatic rings. The molecule has 0 radical (unpaired) electrons. The lowest BCUT2D eigenvalue weighted by Crippen LogP contribution is -2.25. The van der Waals surface area contributed by atoms with Crippen LogP contribution in [0, 0.1) is 5.92 Å². The average Bonchev–Trinajstić information content (AvgIpc) is 2.89. The fraction of sp³-hybridized carbons (Fsp3) is 0.571. The molecule has 1 fully saturated rings. The van der Waals surface area contributed by atoms with Gasteiger partial charge in [0, 0.05) is 6.04 Å². The molecule has 0 amide bonds. The minimum Gasteiger partial charge on any atom is -0.504 e. The molecule has 2 atom stereocenters. The zero-order chi connectivity index (χ0) is 13.0. The van der Waals surface area contributed by atoms with Crippen LogP contribution in [0.4, 0.5) is 0 Å². The molecule has 1 aliphatic heterocycles. The Balaban J connectivity index is 1.93. The quantitative estimate of drug-likeness (QED) is 0.861. The lowest BCUT2D eigenvalue weighted by molar-refractivity contribution is 0.372. The minimum absolute atomic E-state index is 0.195. The standard InChI is InChI=1S/C14H21NO2S/c1-10(15-8-11-5-6-18-9-11)12-3-4-13(16)14(7-12)17-2/h3-4,7,10-11,15-16H,5-6,8-9H2,1-2H3. The van der Waals surface area contributed by atoms with Crippen molar-refractivity contribution in [1.29, 1.82) is 0 Å². The SMILES string of the molecule is COc1cc(C(C)NCC2CCSC2)ccc1O. The molecule has 2 rings (SSSR count). The Bertz CT molecular complexity index is 391. The van der Waals surface area contributed by atoms with E-state index in [2.05, 4.69) is 12.2 Å². The normalized spacial score (nSPS) is 20.9. The van der Waals surface area contributed by atoms with Crippen LogP contribution < -0.4 is 10.1 Å². The number of benzene rings is 1. The Morgan fingerprint density at radius 2 is 2.39 bits per heavy atom. The Kier molecular flexibility index (Phi) is 4.78. The number of rotatable bonds is 5. The van der Waals surface area contributed by atoms with Gasteiger partial charge >= 0.3 is 0 Å². The summed E-state index contributed by atoms with van der Waals surface area (Å²) in [6, 6.07) is 5.82. The van der Waals surface area contributed by atoms with Crippen molar-refractivity contribution in [2.45, 2.75) is 19.4 Å². The summed E-state index contributed by atoms with van der Waals surface area (Å²) in [5.74, 6) is 4.11. The number of phenolic OH excluding ortho intramolecular Hbond substituents is 1. The van der Waals surface area contributed by atoms with Crippen molar-refractivity contribution < 1.29 is 9.84 Å². The smallest absolute Gasteiger partial charge is 0.160 e. The molecule has 18 heavy (non-hydrogen) atoms. The van der Waals surface area contributed by atoms with Crippen LogP contribution in [0.15, 0.2) is 18.2 Å². The first-order chi connectivity index (χ1) is 8.70. The monoisotopic (exact) mass is 267 g/mol. The first kappa shape index (κ1) is 13.6. The second-order valence-electron chi connectivity index (χ2n) is 4.79. The Hall–Kier alpha value is -0.870. The van der Waals surface area contributed by atoms with Crippen molar-refractivity contribution in [3.63, 3.8) is 0 Å². The largest absolute Gasteiger partial charge is 0.504 e. The van der Waals surface area contributed by atoms with Gasteiger partial charge in [0.2, 0.25) is 0 Å². The van der Waals surface area contributed by atoms with Crippen LogP contribution in [0.1, 0.15) is 24.9 Å². The molecule has 1 aromatic carbocycles. The molecule has 2 unspecified atom stereocenters. The van der Waals surface area contributed by atoms with Gasteiger partial charge in [-0.3, -0.25) is 0 Å². The van der Waals surface area contributed by atoms with Crippen LogP contribution >= 0.6 is 11.8 Å². The molecule has 1 heterocycles. The number of ether oxygens (including phenoxy) is 1. The van der Waals surface area contributed by atoms with Crippen LogP contribution in [-0.4, -0.2) is 30.3 Å². The fourth-order valence-corrected chi connectivity index (χ4v) is 3.45. The van der Waals surface area contributed by atoms with Gasteiger partial charge < -0.3 is 15.2 Å². The van der Waals surface area contributed by atoms with Crippen LogP contribution in [-0.2, 0) is 0 Å². The highest BCUT2D eigenvalue weighted by atomic mass is 32.2. The zero-order valence-electron chi connectivity index (χ0n) is 11.0. The van der Waals surface area contributed by atoms with Gasteiger partial charge in [-0.05, 0) is 55.0 Å². The van der Waals surface area contributed by atoms with E-state index in [0.29, 0.717) is 5.75 Å². The number of nitrogens with one attached hydrogen (secondary N) is 1. The zero-order valence-corrected chi connectivity index (χ0v) is 11.8. The van der Waals surface area contributed by atoms with Crippen LogP contribution in [0.2, 0.25) is 0 Å². The maximum Gasteiger partial charge on any atom is 0.160 e. The summed E-state index contributed by atoms with van der Waals surface area (Å²) in [4.78, 5) is 0. The van der Waals surface area contributed by atoms with Crippen molar-refractivity contribution in [3.8, 4) is 11.5 Å². The Morgan fingerprint density at radius 1 is 1.56 bits per heavy atom. The van der Waals surface area contributed by atoms with Crippen molar-refractivity contribution >= 4 is 11.8 Å².